The summed E-state index contributed by atoms with van der Waals surface area (Å²) in [5, 5.41) is 3.51. The lowest BCUT2D eigenvalue weighted by Crippen LogP contribution is -2.36. The zero-order valence-electron chi connectivity index (χ0n) is 19.1. The van der Waals surface area contributed by atoms with Crippen LogP contribution < -0.4 is 19.5 Å². The molecule has 0 unspecified atom stereocenters. The van der Waals surface area contributed by atoms with E-state index in [9.17, 15) is 4.79 Å². The molecule has 174 valence electrons. The van der Waals surface area contributed by atoms with Gasteiger partial charge < -0.3 is 24.4 Å². The summed E-state index contributed by atoms with van der Waals surface area (Å²) in [6, 6.07) is 20.5. The first-order valence-electron chi connectivity index (χ1n) is 10.8. The van der Waals surface area contributed by atoms with Crippen LogP contribution in [0.15, 0.2) is 66.7 Å². The van der Waals surface area contributed by atoms with Gasteiger partial charge in [0, 0.05) is 23.8 Å². The van der Waals surface area contributed by atoms with Crippen molar-refractivity contribution in [2.75, 3.05) is 32.7 Å². The Labute approximate surface area is 200 Å². The second-order valence-electron chi connectivity index (χ2n) is 7.38. The van der Waals surface area contributed by atoms with Crippen molar-refractivity contribution in [3.8, 4) is 17.2 Å². The quantitative estimate of drug-likeness (QED) is 0.394. The molecular formula is C26H29ClN2O4. The SMILES string of the molecule is CCOc1ccc(CN(CCc2ccc(OC)c(OC)c2)C(=O)Nc2cccc(Cl)c2)cc1. The van der Waals surface area contributed by atoms with Gasteiger partial charge in [-0.2, -0.15) is 0 Å². The second-order valence-corrected chi connectivity index (χ2v) is 7.81. The van der Waals surface area contributed by atoms with Crippen LogP contribution in [-0.2, 0) is 13.0 Å². The minimum atomic E-state index is -0.202. The number of hydrogen-bond acceptors (Lipinski definition) is 4. The van der Waals surface area contributed by atoms with Gasteiger partial charge in [0.25, 0.3) is 0 Å². The summed E-state index contributed by atoms with van der Waals surface area (Å²) in [5.41, 5.74) is 2.70. The van der Waals surface area contributed by atoms with Crippen molar-refractivity contribution in [2.24, 2.45) is 0 Å². The molecule has 7 heteroatoms. The Balaban J connectivity index is 1.76. The van der Waals surface area contributed by atoms with Gasteiger partial charge in [0.2, 0.25) is 0 Å². The third kappa shape index (κ3) is 7.05. The van der Waals surface area contributed by atoms with Crippen LogP contribution in [0.5, 0.6) is 17.2 Å². The second kappa shape index (κ2) is 12.0. The van der Waals surface area contributed by atoms with Crippen molar-refractivity contribution < 1.29 is 19.0 Å². The number of carbonyl (C=O) groups is 1. The lowest BCUT2D eigenvalue weighted by atomic mass is 10.1. The fraction of sp³-hybridized carbons (Fsp3) is 0.269. The maximum absolute atomic E-state index is 13.1. The van der Waals surface area contributed by atoms with Gasteiger partial charge in [-0.15, -0.1) is 0 Å². The number of halogens is 1. The topological polar surface area (TPSA) is 60.0 Å². The molecule has 0 aliphatic heterocycles. The number of benzene rings is 3. The fourth-order valence-electron chi connectivity index (χ4n) is 3.40. The molecule has 0 saturated heterocycles. The van der Waals surface area contributed by atoms with Crippen LogP contribution in [0.3, 0.4) is 0 Å². The lowest BCUT2D eigenvalue weighted by molar-refractivity contribution is 0.209. The number of nitrogens with one attached hydrogen (secondary N) is 1. The summed E-state index contributed by atoms with van der Waals surface area (Å²) in [4.78, 5) is 14.9. The average molecular weight is 469 g/mol. The molecule has 3 aromatic rings. The number of amides is 2. The van der Waals surface area contributed by atoms with E-state index in [0.29, 0.717) is 48.3 Å². The van der Waals surface area contributed by atoms with E-state index in [1.54, 1.807) is 37.3 Å². The van der Waals surface area contributed by atoms with Crippen molar-refractivity contribution >= 4 is 23.3 Å². The van der Waals surface area contributed by atoms with Gasteiger partial charge >= 0.3 is 6.03 Å². The molecule has 0 fully saturated rings. The monoisotopic (exact) mass is 468 g/mol. The van der Waals surface area contributed by atoms with Crippen molar-refractivity contribution in [1.82, 2.24) is 4.90 Å². The summed E-state index contributed by atoms with van der Waals surface area (Å²) in [6.07, 6.45) is 0.653. The molecule has 0 aliphatic rings. The van der Waals surface area contributed by atoms with Gasteiger partial charge in [-0.25, -0.2) is 4.79 Å². The summed E-state index contributed by atoms with van der Waals surface area (Å²) >= 11 is 6.07. The molecule has 2 amide bonds. The first kappa shape index (κ1) is 24.3. The molecule has 3 aromatic carbocycles. The maximum atomic E-state index is 13.1. The van der Waals surface area contributed by atoms with E-state index in [1.807, 2.05) is 55.5 Å². The van der Waals surface area contributed by atoms with E-state index >= 15 is 0 Å². The summed E-state index contributed by atoms with van der Waals surface area (Å²) in [5.74, 6) is 2.14. The van der Waals surface area contributed by atoms with Gasteiger partial charge in [0.15, 0.2) is 11.5 Å². The largest absolute Gasteiger partial charge is 0.494 e. The van der Waals surface area contributed by atoms with Crippen LogP contribution >= 0.6 is 11.6 Å². The van der Waals surface area contributed by atoms with Crippen molar-refractivity contribution in [3.63, 3.8) is 0 Å². The molecule has 0 bridgehead atoms. The number of hydrogen-bond donors (Lipinski definition) is 1. The lowest BCUT2D eigenvalue weighted by Gasteiger charge is -2.24. The van der Waals surface area contributed by atoms with Crippen LogP contribution in [0.25, 0.3) is 0 Å². The molecule has 0 aliphatic carbocycles. The summed E-state index contributed by atoms with van der Waals surface area (Å²) < 4.78 is 16.2. The smallest absolute Gasteiger partial charge is 0.322 e. The van der Waals surface area contributed by atoms with Crippen LogP contribution in [0.1, 0.15) is 18.1 Å². The minimum Gasteiger partial charge on any atom is -0.494 e. The van der Waals surface area contributed by atoms with Crippen LogP contribution in [0.2, 0.25) is 5.02 Å². The Hall–Kier alpha value is -3.38. The number of carbonyl (C=O) groups excluding carboxylic acids is 1. The normalized spacial score (nSPS) is 10.4. The zero-order chi connectivity index (χ0) is 23.6. The van der Waals surface area contributed by atoms with Gasteiger partial charge in [-0.05, 0) is 66.9 Å². The van der Waals surface area contributed by atoms with Gasteiger partial charge in [0.05, 0.1) is 20.8 Å². The molecule has 6 nitrogen and oxygen atoms in total. The number of nitrogens with zero attached hydrogens (tertiary/aromatic N) is 1. The Morgan fingerprint density at radius 2 is 1.67 bits per heavy atom. The predicted octanol–water partition coefficient (Wildman–Crippen LogP) is 6.03. The van der Waals surface area contributed by atoms with Gasteiger partial charge in [-0.1, -0.05) is 35.9 Å². The van der Waals surface area contributed by atoms with Crippen LogP contribution in [0.4, 0.5) is 10.5 Å². The molecule has 0 spiro atoms. The molecule has 0 aromatic heterocycles. The molecular weight excluding hydrogens is 440 g/mol. The van der Waals surface area contributed by atoms with Gasteiger partial charge in [-0.3, -0.25) is 0 Å². The number of rotatable bonds is 10. The van der Waals surface area contributed by atoms with E-state index in [-0.39, 0.29) is 6.03 Å². The molecule has 0 radical (unpaired) electrons. The van der Waals surface area contributed by atoms with Crippen molar-refractivity contribution in [3.05, 3.63) is 82.9 Å². The van der Waals surface area contributed by atoms with Crippen LogP contribution in [-0.4, -0.2) is 38.3 Å². The highest BCUT2D eigenvalue weighted by Crippen LogP contribution is 2.28. The molecule has 0 atom stereocenters. The summed E-state index contributed by atoms with van der Waals surface area (Å²) in [7, 11) is 3.22. The van der Waals surface area contributed by atoms with E-state index in [1.165, 1.54) is 0 Å². The first-order valence-corrected chi connectivity index (χ1v) is 11.1. The number of anilines is 1. The Bertz CT molecular complexity index is 1060. The molecule has 1 N–H and O–H groups in total. The molecule has 3 rings (SSSR count). The Morgan fingerprint density at radius 3 is 2.33 bits per heavy atom. The first-order chi connectivity index (χ1) is 16.0. The maximum Gasteiger partial charge on any atom is 0.322 e. The number of methoxy groups -OCH3 is 2. The fourth-order valence-corrected chi connectivity index (χ4v) is 3.59. The van der Waals surface area contributed by atoms with E-state index < -0.39 is 0 Å². The van der Waals surface area contributed by atoms with E-state index in [4.69, 9.17) is 25.8 Å². The predicted molar refractivity (Wildman–Crippen MR) is 132 cm³/mol. The zero-order valence-corrected chi connectivity index (χ0v) is 19.9. The van der Waals surface area contributed by atoms with Crippen molar-refractivity contribution in [1.29, 1.82) is 0 Å². The van der Waals surface area contributed by atoms with Gasteiger partial charge in [0.1, 0.15) is 5.75 Å². The highest BCUT2D eigenvalue weighted by Gasteiger charge is 2.16. The third-order valence-electron chi connectivity index (χ3n) is 5.09. The summed E-state index contributed by atoms with van der Waals surface area (Å²) in [6.45, 7) is 3.52. The number of ether oxygens (including phenoxy) is 3. The molecule has 33 heavy (non-hydrogen) atoms. The number of urea groups is 1. The van der Waals surface area contributed by atoms with Crippen molar-refractivity contribution in [2.45, 2.75) is 19.9 Å². The third-order valence-corrected chi connectivity index (χ3v) is 5.32. The van der Waals surface area contributed by atoms with E-state index in [2.05, 4.69) is 5.32 Å². The molecule has 0 heterocycles. The van der Waals surface area contributed by atoms with Crippen LogP contribution in [0, 0.1) is 0 Å². The van der Waals surface area contributed by atoms with E-state index in [0.717, 1.165) is 16.9 Å². The molecule has 0 saturated carbocycles. The Morgan fingerprint density at radius 1 is 0.939 bits per heavy atom. The highest BCUT2D eigenvalue weighted by atomic mass is 35.5. The standard InChI is InChI=1S/C26H29ClN2O4/c1-4-33-23-11-8-20(9-12-23)18-29(26(30)28-22-7-5-6-21(27)17-22)15-14-19-10-13-24(31-2)25(16-19)32-3/h5-13,16-17H,4,14-15,18H2,1-3H3,(H,28,30). The minimum absolute atomic E-state index is 0.202. The highest BCUT2D eigenvalue weighted by molar-refractivity contribution is 6.30. The Kier molecular flexibility index (Phi) is 8.84. The average Bonchev–Trinajstić information content (AvgIpc) is 2.82.